The van der Waals surface area contributed by atoms with Gasteiger partial charge in [-0.05, 0) is 40.9 Å². The highest BCUT2D eigenvalue weighted by Gasteiger charge is 2.24. The number of thiophene rings is 1. The van der Waals surface area contributed by atoms with Crippen LogP contribution in [0.25, 0.3) is 0 Å². The largest absolute Gasteiger partial charge is 0.339 e. The number of nitrogens with zero attached hydrogens (tertiary/aromatic N) is 2. The molecule has 0 N–H and O–H groups in total. The molecule has 1 aliphatic heterocycles. The molecular formula is C18H20N2O2S. The van der Waals surface area contributed by atoms with Gasteiger partial charge in [-0.1, -0.05) is 18.2 Å². The van der Waals surface area contributed by atoms with Crippen molar-refractivity contribution in [1.82, 2.24) is 9.80 Å². The van der Waals surface area contributed by atoms with Crippen molar-refractivity contribution in [3.8, 4) is 0 Å². The van der Waals surface area contributed by atoms with Crippen LogP contribution >= 0.6 is 11.3 Å². The van der Waals surface area contributed by atoms with Crippen LogP contribution in [0.5, 0.6) is 0 Å². The van der Waals surface area contributed by atoms with E-state index in [0.29, 0.717) is 38.2 Å². The smallest absolute Gasteiger partial charge is 0.253 e. The molecule has 1 aliphatic rings. The first-order valence-corrected chi connectivity index (χ1v) is 8.81. The van der Waals surface area contributed by atoms with E-state index < -0.39 is 0 Å². The Labute approximate surface area is 140 Å². The zero-order valence-electron chi connectivity index (χ0n) is 13.0. The molecule has 0 unspecified atom stereocenters. The number of aryl methyl sites for hydroxylation is 1. The van der Waals surface area contributed by atoms with Crippen molar-refractivity contribution in [2.24, 2.45) is 0 Å². The van der Waals surface area contributed by atoms with Gasteiger partial charge in [0.2, 0.25) is 5.91 Å². The van der Waals surface area contributed by atoms with Gasteiger partial charge in [-0.2, -0.15) is 11.3 Å². The van der Waals surface area contributed by atoms with Gasteiger partial charge in [0.15, 0.2) is 0 Å². The maximum Gasteiger partial charge on any atom is 0.253 e. The Morgan fingerprint density at radius 2 is 1.65 bits per heavy atom. The second-order valence-corrected chi connectivity index (χ2v) is 6.45. The molecule has 23 heavy (non-hydrogen) atoms. The molecule has 4 nitrogen and oxygen atoms in total. The van der Waals surface area contributed by atoms with Crippen molar-refractivity contribution in [2.45, 2.75) is 12.8 Å². The summed E-state index contributed by atoms with van der Waals surface area (Å²) in [5, 5.41) is 4.12. The van der Waals surface area contributed by atoms with Crippen LogP contribution in [-0.4, -0.2) is 47.8 Å². The van der Waals surface area contributed by atoms with Crippen LogP contribution in [0.2, 0.25) is 0 Å². The van der Waals surface area contributed by atoms with Gasteiger partial charge >= 0.3 is 0 Å². The number of amides is 2. The van der Waals surface area contributed by atoms with Gasteiger partial charge in [0.1, 0.15) is 0 Å². The second kappa shape index (κ2) is 7.42. The lowest BCUT2D eigenvalue weighted by Crippen LogP contribution is -2.50. The van der Waals surface area contributed by atoms with E-state index in [1.165, 1.54) is 5.56 Å². The van der Waals surface area contributed by atoms with Crippen LogP contribution < -0.4 is 0 Å². The van der Waals surface area contributed by atoms with Crippen LogP contribution in [0.1, 0.15) is 22.3 Å². The number of benzene rings is 1. The predicted molar refractivity (Wildman–Crippen MR) is 91.6 cm³/mol. The van der Waals surface area contributed by atoms with Gasteiger partial charge in [-0.15, -0.1) is 0 Å². The van der Waals surface area contributed by atoms with Gasteiger partial charge < -0.3 is 9.80 Å². The zero-order valence-corrected chi connectivity index (χ0v) is 13.8. The van der Waals surface area contributed by atoms with E-state index in [1.54, 1.807) is 11.3 Å². The lowest BCUT2D eigenvalue weighted by molar-refractivity contribution is -0.132. The summed E-state index contributed by atoms with van der Waals surface area (Å²) < 4.78 is 0. The van der Waals surface area contributed by atoms with Gasteiger partial charge in [-0.25, -0.2) is 0 Å². The van der Waals surface area contributed by atoms with E-state index >= 15 is 0 Å². The Bertz CT molecular complexity index is 647. The minimum atomic E-state index is 0.0518. The molecule has 0 spiro atoms. The van der Waals surface area contributed by atoms with E-state index in [1.807, 2.05) is 45.5 Å². The van der Waals surface area contributed by atoms with E-state index in [4.69, 9.17) is 0 Å². The van der Waals surface area contributed by atoms with Crippen LogP contribution in [0.15, 0.2) is 47.2 Å². The summed E-state index contributed by atoms with van der Waals surface area (Å²) in [6, 6.07) is 11.4. The highest BCUT2D eigenvalue weighted by molar-refractivity contribution is 7.07. The number of carbonyl (C=O) groups is 2. The van der Waals surface area contributed by atoms with Crippen LogP contribution in [0, 0.1) is 0 Å². The summed E-state index contributed by atoms with van der Waals surface area (Å²) in [7, 11) is 0. The molecule has 5 heteroatoms. The van der Waals surface area contributed by atoms with E-state index in [2.05, 4.69) is 11.4 Å². The lowest BCUT2D eigenvalue weighted by Gasteiger charge is -2.35. The number of rotatable bonds is 4. The molecular weight excluding hydrogens is 308 g/mol. The maximum atomic E-state index is 12.4. The van der Waals surface area contributed by atoms with E-state index in [9.17, 15) is 9.59 Å². The Balaban J connectivity index is 1.48. The Hall–Kier alpha value is -2.14. The molecule has 1 aromatic carbocycles. The van der Waals surface area contributed by atoms with Gasteiger partial charge in [0.25, 0.3) is 5.91 Å². The van der Waals surface area contributed by atoms with Crippen molar-refractivity contribution in [1.29, 1.82) is 0 Å². The standard InChI is InChI=1S/C18H20N2O2S/c21-17(7-6-15-8-13-23-14-15)19-9-11-20(12-10-19)18(22)16-4-2-1-3-5-16/h1-5,8,13-14H,6-7,9-12H2. The predicted octanol–water partition coefficient (Wildman–Crippen LogP) is 2.67. The third-order valence-corrected chi connectivity index (χ3v) is 4.88. The first kappa shape index (κ1) is 15.7. The average Bonchev–Trinajstić information content (AvgIpc) is 3.13. The molecule has 0 atom stereocenters. The highest BCUT2D eigenvalue weighted by Crippen LogP contribution is 2.12. The quantitative estimate of drug-likeness (QED) is 0.866. The third kappa shape index (κ3) is 3.99. The SMILES string of the molecule is O=C(CCc1ccsc1)N1CCN(C(=O)c2ccccc2)CC1. The topological polar surface area (TPSA) is 40.6 Å². The first-order valence-electron chi connectivity index (χ1n) is 7.87. The normalized spacial score (nSPS) is 14.8. The van der Waals surface area contributed by atoms with Crippen LogP contribution in [0.4, 0.5) is 0 Å². The van der Waals surface area contributed by atoms with E-state index in [-0.39, 0.29) is 11.8 Å². The van der Waals surface area contributed by atoms with Crippen molar-refractivity contribution in [2.75, 3.05) is 26.2 Å². The summed E-state index contributed by atoms with van der Waals surface area (Å²) >= 11 is 1.66. The fourth-order valence-electron chi connectivity index (χ4n) is 2.77. The van der Waals surface area contributed by atoms with Crippen molar-refractivity contribution in [3.63, 3.8) is 0 Å². The lowest BCUT2D eigenvalue weighted by atomic mass is 10.1. The number of hydrogen-bond donors (Lipinski definition) is 0. The molecule has 1 aromatic heterocycles. The fraction of sp³-hybridized carbons (Fsp3) is 0.333. The summed E-state index contributed by atoms with van der Waals surface area (Å²) in [6.45, 7) is 2.47. The monoisotopic (exact) mass is 328 g/mol. The maximum absolute atomic E-state index is 12.4. The van der Waals surface area contributed by atoms with Crippen LogP contribution in [-0.2, 0) is 11.2 Å². The Morgan fingerprint density at radius 3 is 2.30 bits per heavy atom. The van der Waals surface area contributed by atoms with E-state index in [0.717, 1.165) is 6.42 Å². The molecule has 3 rings (SSSR count). The van der Waals surface area contributed by atoms with Crippen molar-refractivity contribution in [3.05, 3.63) is 58.3 Å². The summed E-state index contributed by atoms with van der Waals surface area (Å²) in [5.41, 5.74) is 1.94. The molecule has 0 saturated carbocycles. The fourth-order valence-corrected chi connectivity index (χ4v) is 3.47. The molecule has 120 valence electrons. The van der Waals surface area contributed by atoms with Gasteiger partial charge in [0.05, 0.1) is 0 Å². The van der Waals surface area contributed by atoms with Gasteiger partial charge in [-0.3, -0.25) is 9.59 Å². The average molecular weight is 328 g/mol. The highest BCUT2D eigenvalue weighted by atomic mass is 32.1. The summed E-state index contributed by atoms with van der Waals surface area (Å²) in [6.07, 6.45) is 1.34. The molecule has 0 radical (unpaired) electrons. The first-order chi connectivity index (χ1) is 11.2. The Morgan fingerprint density at radius 1 is 0.957 bits per heavy atom. The Kier molecular flexibility index (Phi) is 5.08. The summed E-state index contributed by atoms with van der Waals surface area (Å²) in [4.78, 5) is 28.4. The summed E-state index contributed by atoms with van der Waals surface area (Å²) in [5.74, 6) is 0.235. The number of carbonyl (C=O) groups excluding carboxylic acids is 2. The molecule has 0 aliphatic carbocycles. The van der Waals surface area contributed by atoms with Crippen molar-refractivity contribution >= 4 is 23.2 Å². The minimum Gasteiger partial charge on any atom is -0.339 e. The molecule has 0 bridgehead atoms. The molecule has 1 saturated heterocycles. The zero-order chi connectivity index (χ0) is 16.1. The van der Waals surface area contributed by atoms with Gasteiger partial charge in [0, 0.05) is 38.2 Å². The minimum absolute atomic E-state index is 0.0518. The number of piperazine rings is 1. The second-order valence-electron chi connectivity index (χ2n) is 5.67. The third-order valence-electron chi connectivity index (χ3n) is 4.15. The molecule has 2 heterocycles. The molecule has 2 amide bonds. The molecule has 2 aromatic rings. The van der Waals surface area contributed by atoms with Crippen LogP contribution in [0.3, 0.4) is 0 Å². The molecule has 1 fully saturated rings. The van der Waals surface area contributed by atoms with Crippen molar-refractivity contribution < 1.29 is 9.59 Å². The number of hydrogen-bond acceptors (Lipinski definition) is 3.